The van der Waals surface area contributed by atoms with Crippen LogP contribution < -0.4 is 4.74 Å². The van der Waals surface area contributed by atoms with Crippen LogP contribution in [0.25, 0.3) is 0 Å². The van der Waals surface area contributed by atoms with E-state index < -0.39 is 21.0 Å². The molecule has 1 fully saturated rings. The van der Waals surface area contributed by atoms with Crippen LogP contribution in [0.1, 0.15) is 17.0 Å². The predicted octanol–water partition coefficient (Wildman–Crippen LogP) is 2.76. The Bertz CT molecular complexity index is 807. The van der Waals surface area contributed by atoms with Gasteiger partial charge in [0.1, 0.15) is 12.0 Å². The second kappa shape index (κ2) is 5.81. The zero-order valence-corrected chi connectivity index (χ0v) is 13.8. The molecule has 0 amide bonds. The van der Waals surface area contributed by atoms with Crippen molar-refractivity contribution >= 4 is 16.1 Å². The van der Waals surface area contributed by atoms with Crippen molar-refractivity contribution < 1.29 is 17.9 Å². The minimum absolute atomic E-state index is 0.274. The van der Waals surface area contributed by atoms with Crippen molar-refractivity contribution in [2.24, 2.45) is 5.92 Å². The Morgan fingerprint density at radius 2 is 1.61 bits per heavy atom. The zero-order chi connectivity index (χ0) is 16.6. The van der Waals surface area contributed by atoms with Crippen LogP contribution in [0.4, 0.5) is 0 Å². The maximum Gasteiger partial charge on any atom is 0.182 e. The van der Waals surface area contributed by atoms with Gasteiger partial charge in [0.2, 0.25) is 0 Å². The molecule has 1 aliphatic rings. The Morgan fingerprint density at radius 3 is 2.13 bits per heavy atom. The number of aryl methyl sites for hydroxylation is 1. The topological polar surface area (TPSA) is 60.4 Å². The largest absolute Gasteiger partial charge is 0.497 e. The first-order valence-electron chi connectivity index (χ1n) is 7.39. The molecule has 2 aromatic carbocycles. The van der Waals surface area contributed by atoms with E-state index in [4.69, 9.17) is 4.74 Å². The van der Waals surface area contributed by atoms with E-state index in [1.54, 1.807) is 43.5 Å². The number of aldehydes is 1. The van der Waals surface area contributed by atoms with Crippen molar-refractivity contribution in [1.82, 2.24) is 0 Å². The molecule has 0 unspecified atom stereocenters. The molecule has 0 heterocycles. The average Bonchev–Trinajstić information content (AvgIpc) is 3.31. The third kappa shape index (κ3) is 2.77. The molecule has 0 N–H and O–H groups in total. The lowest BCUT2D eigenvalue weighted by molar-refractivity contribution is -0.108. The molecule has 120 valence electrons. The number of carbonyl (C=O) groups is 1. The van der Waals surface area contributed by atoms with Crippen LogP contribution in [0.2, 0.25) is 0 Å². The second-order valence-corrected chi connectivity index (χ2v) is 7.94. The molecule has 0 radical (unpaired) electrons. The van der Waals surface area contributed by atoms with Crippen LogP contribution in [0, 0.1) is 12.8 Å². The van der Waals surface area contributed by atoms with Gasteiger partial charge in [-0.15, -0.1) is 0 Å². The fourth-order valence-corrected chi connectivity index (χ4v) is 5.10. The average molecular weight is 330 g/mol. The van der Waals surface area contributed by atoms with E-state index in [2.05, 4.69) is 0 Å². The summed E-state index contributed by atoms with van der Waals surface area (Å²) in [6, 6.07) is 14.0. The molecule has 1 saturated carbocycles. The van der Waals surface area contributed by atoms with Crippen molar-refractivity contribution in [3.8, 4) is 5.75 Å². The van der Waals surface area contributed by atoms with Gasteiger partial charge in [0.05, 0.1) is 17.3 Å². The smallest absolute Gasteiger partial charge is 0.182 e. The molecular formula is C18H18O4S. The Kier molecular flexibility index (Phi) is 3.98. The van der Waals surface area contributed by atoms with E-state index >= 15 is 0 Å². The third-order valence-electron chi connectivity index (χ3n) is 4.37. The summed E-state index contributed by atoms with van der Waals surface area (Å²) in [6.45, 7) is 1.90. The SMILES string of the molecule is COc1ccc([C@@H]2[C@H](C=O)[C@@H]2S(=O)(=O)c2ccc(C)cc2)cc1. The van der Waals surface area contributed by atoms with Gasteiger partial charge in [-0.1, -0.05) is 29.8 Å². The Labute approximate surface area is 136 Å². The van der Waals surface area contributed by atoms with Crippen molar-refractivity contribution in [2.75, 3.05) is 7.11 Å². The van der Waals surface area contributed by atoms with Crippen LogP contribution >= 0.6 is 0 Å². The van der Waals surface area contributed by atoms with E-state index in [1.807, 2.05) is 19.1 Å². The number of hydrogen-bond acceptors (Lipinski definition) is 4. The molecule has 0 bridgehead atoms. The highest BCUT2D eigenvalue weighted by Gasteiger charge is 2.59. The number of benzene rings is 2. The maximum absolute atomic E-state index is 12.8. The Hall–Kier alpha value is -2.14. The highest BCUT2D eigenvalue weighted by atomic mass is 32.2. The zero-order valence-electron chi connectivity index (χ0n) is 13.0. The van der Waals surface area contributed by atoms with Gasteiger partial charge in [-0.25, -0.2) is 8.42 Å². The summed E-state index contributed by atoms with van der Waals surface area (Å²) in [5, 5.41) is -0.684. The lowest BCUT2D eigenvalue weighted by Crippen LogP contribution is -2.11. The number of sulfone groups is 1. The first-order valence-corrected chi connectivity index (χ1v) is 8.93. The molecule has 0 spiro atoms. The van der Waals surface area contributed by atoms with Gasteiger partial charge in [-0.05, 0) is 36.8 Å². The van der Waals surface area contributed by atoms with Gasteiger partial charge in [-0.3, -0.25) is 0 Å². The van der Waals surface area contributed by atoms with E-state index in [0.29, 0.717) is 5.75 Å². The summed E-state index contributed by atoms with van der Waals surface area (Å²) in [6.07, 6.45) is 0.755. The minimum atomic E-state index is -3.52. The lowest BCUT2D eigenvalue weighted by Gasteiger charge is -2.05. The lowest BCUT2D eigenvalue weighted by atomic mass is 10.1. The van der Waals surface area contributed by atoms with Crippen LogP contribution in [0.5, 0.6) is 5.75 Å². The van der Waals surface area contributed by atoms with E-state index in [-0.39, 0.29) is 10.8 Å². The van der Waals surface area contributed by atoms with E-state index in [0.717, 1.165) is 17.4 Å². The molecule has 3 rings (SSSR count). The molecule has 1 aliphatic carbocycles. The summed E-state index contributed by atoms with van der Waals surface area (Å²) < 4.78 is 30.7. The normalized spacial score (nSPS) is 23.3. The Morgan fingerprint density at radius 1 is 1.00 bits per heavy atom. The standard InChI is InChI=1S/C18H18O4S/c1-12-3-9-15(10-4-12)23(20,21)18-16(11-19)17(18)13-5-7-14(22-2)8-6-13/h3-11,16-18H,1-2H3/t16-,17+,18-/m0/s1. The highest BCUT2D eigenvalue weighted by Crippen LogP contribution is 2.53. The van der Waals surface area contributed by atoms with E-state index in [1.165, 1.54) is 0 Å². The first kappa shape index (κ1) is 15.7. The van der Waals surface area contributed by atoms with Gasteiger partial charge >= 0.3 is 0 Å². The van der Waals surface area contributed by atoms with Crippen LogP contribution in [0.3, 0.4) is 0 Å². The van der Waals surface area contributed by atoms with Crippen LogP contribution in [-0.4, -0.2) is 27.1 Å². The van der Waals surface area contributed by atoms with Gasteiger partial charge in [0.15, 0.2) is 9.84 Å². The molecule has 5 heteroatoms. The fourth-order valence-electron chi connectivity index (χ4n) is 2.99. The molecule has 3 atom stereocenters. The van der Waals surface area contributed by atoms with Crippen molar-refractivity contribution in [2.45, 2.75) is 23.0 Å². The second-order valence-electron chi connectivity index (χ2n) is 5.84. The molecule has 2 aromatic rings. The number of hydrogen-bond donors (Lipinski definition) is 0. The maximum atomic E-state index is 12.8. The quantitative estimate of drug-likeness (QED) is 0.791. The van der Waals surface area contributed by atoms with Crippen molar-refractivity contribution in [1.29, 1.82) is 0 Å². The van der Waals surface area contributed by atoms with Crippen LogP contribution in [-0.2, 0) is 14.6 Å². The fraction of sp³-hybridized carbons (Fsp3) is 0.278. The van der Waals surface area contributed by atoms with Crippen LogP contribution in [0.15, 0.2) is 53.4 Å². The van der Waals surface area contributed by atoms with Gasteiger partial charge < -0.3 is 9.53 Å². The third-order valence-corrected chi connectivity index (χ3v) is 6.63. The number of ether oxygens (including phenoxy) is 1. The summed E-state index contributed by atoms with van der Waals surface area (Å²) in [4.78, 5) is 11.6. The van der Waals surface area contributed by atoms with Crippen molar-refractivity contribution in [3.05, 3.63) is 59.7 Å². The van der Waals surface area contributed by atoms with Gasteiger partial charge in [0, 0.05) is 11.8 Å². The monoisotopic (exact) mass is 330 g/mol. The molecule has 4 nitrogen and oxygen atoms in total. The first-order chi connectivity index (χ1) is 11.0. The van der Waals surface area contributed by atoms with Crippen molar-refractivity contribution in [3.63, 3.8) is 0 Å². The molecule has 0 aliphatic heterocycles. The Balaban J connectivity index is 1.92. The number of rotatable bonds is 5. The summed E-state index contributed by atoms with van der Waals surface area (Å²) in [5.41, 5.74) is 1.85. The molecule has 0 saturated heterocycles. The van der Waals surface area contributed by atoms with Gasteiger partial charge in [-0.2, -0.15) is 0 Å². The summed E-state index contributed by atoms with van der Waals surface area (Å²) >= 11 is 0. The number of methoxy groups -OCH3 is 1. The summed E-state index contributed by atoms with van der Waals surface area (Å²) in [7, 11) is -1.94. The predicted molar refractivity (Wildman–Crippen MR) is 87.4 cm³/mol. The highest BCUT2D eigenvalue weighted by molar-refractivity contribution is 7.92. The van der Waals surface area contributed by atoms with Gasteiger partial charge in [0.25, 0.3) is 0 Å². The number of carbonyl (C=O) groups excluding carboxylic acids is 1. The van der Waals surface area contributed by atoms with E-state index in [9.17, 15) is 13.2 Å². The molecule has 23 heavy (non-hydrogen) atoms. The molecule has 0 aromatic heterocycles. The molecular weight excluding hydrogens is 312 g/mol. The minimum Gasteiger partial charge on any atom is -0.497 e. The summed E-state index contributed by atoms with van der Waals surface area (Å²) in [5.74, 6) is -0.0746.